The summed E-state index contributed by atoms with van der Waals surface area (Å²) in [6.07, 6.45) is -5.05. The van der Waals surface area contributed by atoms with Crippen molar-refractivity contribution < 1.29 is 133 Å². The van der Waals surface area contributed by atoms with E-state index < -0.39 is 130 Å². The first-order valence-electron chi connectivity index (χ1n) is 30.0. The highest BCUT2D eigenvalue weighted by Crippen LogP contribution is 2.57. The summed E-state index contributed by atoms with van der Waals surface area (Å²) >= 11 is 0. The zero-order valence-electron chi connectivity index (χ0n) is 55.8. The third-order valence-electron chi connectivity index (χ3n) is 15.7. The maximum Gasteiger partial charge on any atom is 0.425 e. The molecule has 4 N–H and O–H groups in total. The molecule has 0 unspecified atom stereocenters. The van der Waals surface area contributed by atoms with Crippen LogP contribution in [-0.2, 0) is 98.9 Å². The molecule has 0 radical (unpaired) electrons. The third-order valence-corrected chi connectivity index (χ3v) is 21.4. The van der Waals surface area contributed by atoms with Gasteiger partial charge in [-0.05, 0) is 199 Å². The first-order chi connectivity index (χ1) is 51.2. The standard InChI is InChI=1S/C70H51F3O16S5.4O3S/c1-42-14-15-50(38-43(42)2)44-16-20-48(21-17-44)66-64(46-10-6-4-7-11-46)68(52-25-36-60(91(76,77)78)62(40-52)93(82,83)84)67(69(65(66)47-12-8-5-9-13-47)53-26-37-61(92(79,80)81)63(41-53)94(85,86)87)49-22-18-45(19-23-49)51-24-35-59(58(39-51)70(71,72)73)89-55-29-33-57(34-30-55)90(74,75)56-31-27-54(88-3)28-32-56;4*1-4(2)3/h4-41H,1-3H3,(H,76,77,78)(H,79,80,81)(H,82,83,84)(H,85,86,87);;;;. The van der Waals surface area contributed by atoms with Gasteiger partial charge in [0.1, 0.15) is 36.8 Å². The van der Waals surface area contributed by atoms with Crippen molar-refractivity contribution in [3.8, 4) is 106 Å². The molecule has 40 heteroatoms. The summed E-state index contributed by atoms with van der Waals surface area (Å²) in [5.74, 6) is -0.373. The molecule has 28 nitrogen and oxygen atoms in total. The van der Waals surface area contributed by atoms with E-state index in [0.717, 1.165) is 70.8 Å². The largest absolute Gasteiger partial charge is 0.497 e. The van der Waals surface area contributed by atoms with Crippen LogP contribution in [0.15, 0.2) is 260 Å². The average molecular weight is 1690 g/mol. The molecule has 0 aliphatic rings. The minimum absolute atomic E-state index is 0.00379. The molecule has 0 bridgehead atoms. The lowest BCUT2D eigenvalue weighted by Crippen LogP contribution is -2.10. The number of rotatable bonds is 17. The Morgan fingerprint density at radius 3 is 0.900 bits per heavy atom. The van der Waals surface area contributed by atoms with E-state index in [9.17, 15) is 60.3 Å². The molecular formula is C70H51F3O28S9. The van der Waals surface area contributed by atoms with Crippen LogP contribution in [0.2, 0.25) is 0 Å². The number of alkyl halides is 3. The Kier molecular flexibility index (Phi) is 27.8. The van der Waals surface area contributed by atoms with Crippen molar-refractivity contribution in [2.75, 3.05) is 7.11 Å². The lowest BCUT2D eigenvalue weighted by Gasteiger charge is -2.29. The van der Waals surface area contributed by atoms with Gasteiger partial charge in [0.05, 0.1) is 22.5 Å². The fraction of sp³-hybridized carbons (Fsp3) is 0.0571. The number of ether oxygens (including phenoxy) is 2. The fourth-order valence-electron chi connectivity index (χ4n) is 11.2. The molecule has 0 aliphatic carbocycles. The summed E-state index contributed by atoms with van der Waals surface area (Å²) < 4.78 is 333. The minimum atomic E-state index is -5.57. The molecule has 0 fully saturated rings. The van der Waals surface area contributed by atoms with Gasteiger partial charge in [0.2, 0.25) is 9.84 Å². The van der Waals surface area contributed by atoms with Crippen LogP contribution in [0, 0.1) is 13.8 Å². The quantitative estimate of drug-likeness (QED) is 0.0615. The first kappa shape index (κ1) is 86.1. The van der Waals surface area contributed by atoms with Crippen molar-refractivity contribution in [3.05, 3.63) is 247 Å². The van der Waals surface area contributed by atoms with Crippen LogP contribution < -0.4 is 9.47 Å². The molecule has 11 aromatic rings. The van der Waals surface area contributed by atoms with E-state index in [2.05, 4.69) is 0 Å². The maximum atomic E-state index is 15.3. The van der Waals surface area contributed by atoms with Crippen LogP contribution in [0.3, 0.4) is 0 Å². The second-order valence-corrected chi connectivity index (χ2v) is 31.6. The second kappa shape index (κ2) is 35.5. The van der Waals surface area contributed by atoms with Gasteiger partial charge < -0.3 is 9.47 Å². The van der Waals surface area contributed by atoms with Gasteiger partial charge in [-0.1, -0.05) is 146 Å². The number of hydrogen-bond donors (Lipinski definition) is 4. The molecule has 11 aromatic carbocycles. The number of methoxy groups -OCH3 is 1. The van der Waals surface area contributed by atoms with E-state index in [1.807, 2.05) is 44.2 Å². The molecule has 0 atom stereocenters. The number of halogens is 3. The van der Waals surface area contributed by atoms with E-state index in [1.54, 1.807) is 72.8 Å². The number of aryl methyl sites for hydroxylation is 2. The predicted molar refractivity (Wildman–Crippen MR) is 387 cm³/mol. The molecule has 0 saturated heterocycles. The van der Waals surface area contributed by atoms with Crippen LogP contribution in [-0.4, -0.2) is 118 Å². The fourth-order valence-corrected chi connectivity index (χ4v) is 16.0. The zero-order chi connectivity index (χ0) is 81.8. The van der Waals surface area contributed by atoms with E-state index in [-0.39, 0.29) is 71.2 Å². The lowest BCUT2D eigenvalue weighted by atomic mass is 9.74. The molecule has 110 heavy (non-hydrogen) atoms. The summed E-state index contributed by atoms with van der Waals surface area (Å²) in [5, 5.41) is 0. The van der Waals surface area contributed by atoms with Gasteiger partial charge in [0.25, 0.3) is 40.5 Å². The normalized spacial score (nSPS) is 11.4. The molecule has 0 amide bonds. The van der Waals surface area contributed by atoms with Crippen molar-refractivity contribution in [3.63, 3.8) is 0 Å². The van der Waals surface area contributed by atoms with Gasteiger partial charge >= 0.3 is 48.6 Å². The van der Waals surface area contributed by atoms with E-state index >= 15 is 13.2 Å². The summed E-state index contributed by atoms with van der Waals surface area (Å²) in [6, 6.07) is 54.9. The van der Waals surface area contributed by atoms with E-state index in [4.69, 9.17) is 60.0 Å². The summed E-state index contributed by atoms with van der Waals surface area (Å²) in [5.41, 5.74) is 4.35. The molecular weight excluding hydrogens is 1630 g/mol. The Morgan fingerprint density at radius 1 is 0.300 bits per heavy atom. The molecule has 0 saturated carbocycles. The maximum absolute atomic E-state index is 15.3. The van der Waals surface area contributed by atoms with Crippen LogP contribution in [0.4, 0.5) is 13.2 Å². The highest BCUT2D eigenvalue weighted by atomic mass is 32.2. The highest BCUT2D eigenvalue weighted by molar-refractivity contribution is 7.91. The van der Waals surface area contributed by atoms with Crippen LogP contribution in [0.5, 0.6) is 17.2 Å². The average Bonchev–Trinajstić information content (AvgIpc) is 0.709. The van der Waals surface area contributed by atoms with Crippen molar-refractivity contribution in [1.29, 1.82) is 0 Å². The van der Waals surface area contributed by atoms with E-state index in [0.29, 0.717) is 28.0 Å². The number of benzene rings is 11. The monoisotopic (exact) mass is 1680 g/mol. The zero-order valence-corrected chi connectivity index (χ0v) is 63.2. The lowest BCUT2D eigenvalue weighted by molar-refractivity contribution is -0.138. The Balaban J connectivity index is 0.000000959. The van der Waals surface area contributed by atoms with Crippen LogP contribution >= 0.6 is 0 Å². The number of sulfone groups is 1. The molecule has 0 heterocycles. The topological polar surface area (TPSA) is 475 Å². The minimum Gasteiger partial charge on any atom is -0.497 e. The van der Waals surface area contributed by atoms with Crippen LogP contribution in [0.25, 0.3) is 89.0 Å². The molecule has 0 spiro atoms. The molecule has 11 rings (SSSR count). The van der Waals surface area contributed by atoms with Gasteiger partial charge in [0, 0.05) is 0 Å². The first-order valence-corrected chi connectivity index (χ1v) is 41.3. The highest BCUT2D eigenvalue weighted by Gasteiger charge is 2.37. The summed E-state index contributed by atoms with van der Waals surface area (Å²) in [7, 11) is -37.1. The summed E-state index contributed by atoms with van der Waals surface area (Å²) in [6.45, 7) is 3.92. The van der Waals surface area contributed by atoms with Gasteiger partial charge in [-0.15, -0.1) is 50.5 Å². The van der Waals surface area contributed by atoms with Crippen LogP contribution in [0.1, 0.15) is 16.7 Å². The van der Waals surface area contributed by atoms with Gasteiger partial charge in [-0.3, -0.25) is 18.2 Å². The third kappa shape index (κ3) is 22.1. The Labute approximate surface area is 631 Å². The van der Waals surface area contributed by atoms with Gasteiger partial charge in [0.15, 0.2) is 0 Å². The van der Waals surface area contributed by atoms with Gasteiger partial charge in [-0.2, -0.15) is 46.8 Å². The van der Waals surface area contributed by atoms with Crippen molar-refractivity contribution in [2.24, 2.45) is 0 Å². The smallest absolute Gasteiger partial charge is 0.425 e. The van der Waals surface area contributed by atoms with Crippen molar-refractivity contribution >= 4 is 92.7 Å². The summed E-state index contributed by atoms with van der Waals surface area (Å²) in [4.78, 5) is -5.25. The second-order valence-electron chi connectivity index (χ2n) is 22.4. The van der Waals surface area contributed by atoms with Gasteiger partial charge in [-0.25, -0.2) is 8.42 Å². The van der Waals surface area contributed by atoms with Crippen molar-refractivity contribution in [2.45, 2.75) is 49.4 Å². The number of hydrogen-bond acceptors (Lipinski definition) is 24. The van der Waals surface area contributed by atoms with E-state index in [1.165, 1.54) is 86.0 Å². The van der Waals surface area contributed by atoms with Crippen molar-refractivity contribution in [1.82, 2.24) is 0 Å². The Morgan fingerprint density at radius 2 is 0.582 bits per heavy atom. The predicted octanol–water partition coefficient (Wildman–Crippen LogP) is 12.3. The Bertz CT molecular complexity index is 6160. The molecule has 574 valence electrons. The Hall–Kier alpha value is -11.1. The molecule has 0 aromatic heterocycles. The molecule has 0 aliphatic heterocycles. The SMILES string of the molecule is COc1ccc(S(=O)(=O)c2ccc(Oc3ccc(-c4ccc(-c5c(-c6ccc(S(=O)(=O)O)c(S(=O)(=O)O)c6)c(-c6ccccc6)c(-c6ccc(-c7ccc(C)c(C)c7)cc6)c(-c6ccccc6)c5-c5ccc(S(=O)(=O)O)c(S(=O)(=O)O)c5)cc4)cc3C(F)(F)F)cc2)cc1.O=S(=O)=O.O=S(=O)=O.O=S(=O)=O.O=S(=O)=O.